The molecule has 11 atom stereocenters. The second-order valence-corrected chi connectivity index (χ2v) is 21.5. The number of nitrogens with one attached hydrogen (secondary N) is 1. The van der Waals surface area contributed by atoms with Crippen molar-refractivity contribution in [3.8, 4) is 0 Å². The van der Waals surface area contributed by atoms with Crippen molar-refractivity contribution in [2.24, 2.45) is 0 Å². The van der Waals surface area contributed by atoms with Crippen molar-refractivity contribution in [1.29, 1.82) is 0 Å². The first-order valence-electron chi connectivity index (χ1n) is 24.1. The topological polar surface area (TPSA) is 400 Å². The monoisotopic (exact) mass is 1150 g/mol. The second-order valence-electron chi connectivity index (χ2n) is 18.8. The Morgan fingerprint density at radius 3 is 2.18 bits per heavy atom. The van der Waals surface area contributed by atoms with Gasteiger partial charge in [0.2, 0.25) is 5.91 Å². The fraction of sp³-hybridized carbons (Fsp3) is 0.467. The Hall–Kier alpha value is -6.51. The fourth-order valence-electron chi connectivity index (χ4n) is 9.48. The number of carbonyl (C=O) groups is 3. The molecule has 0 saturated carbocycles. The number of likely N-dealkylation sites (tertiary alicyclic amines) is 2. The van der Waals surface area contributed by atoms with Gasteiger partial charge in [-0.3, -0.25) is 37.3 Å². The van der Waals surface area contributed by atoms with Gasteiger partial charge in [0.25, 0.3) is 5.92 Å². The third kappa shape index (κ3) is 13.6. The number of benzene rings is 2. The molecule has 0 radical (unpaired) electrons. The molecule has 2 amide bonds. The van der Waals surface area contributed by atoms with Crippen molar-refractivity contribution >= 4 is 62.1 Å². The number of aliphatic hydroxyl groups excluding tert-OH is 2. The number of imidazole rings is 1. The lowest BCUT2D eigenvalue weighted by atomic mass is 10.0. The molecule has 79 heavy (non-hydrogen) atoms. The summed E-state index contributed by atoms with van der Waals surface area (Å²) in [4.78, 5) is 102. The van der Waals surface area contributed by atoms with Crippen molar-refractivity contribution in [1.82, 2.24) is 38.9 Å². The van der Waals surface area contributed by atoms with Gasteiger partial charge < -0.3 is 60.6 Å². The number of halogens is 3. The number of piperidine rings is 1. The lowest BCUT2D eigenvalue weighted by molar-refractivity contribution is -0.161. The molecule has 4 saturated heterocycles. The predicted molar refractivity (Wildman–Crippen MR) is 261 cm³/mol. The van der Waals surface area contributed by atoms with Crippen molar-refractivity contribution in [3.05, 3.63) is 101 Å². The molecule has 2 aromatic carbocycles. The number of nitrogens with two attached hydrogens (primary N) is 2. The van der Waals surface area contributed by atoms with E-state index in [1.165, 1.54) is 28.8 Å². The zero-order valence-electron chi connectivity index (χ0n) is 41.1. The minimum absolute atomic E-state index is 0.0176. The standard InChI is InChI=1S/C45H52F3N11O18P2/c46-25-5-1-23(2-6-25)15-32(60)54-26-7-3-24(4-8-26)18-71-44(65)58-17-27(56-13-10-45(47,48)11-14-56)16-28(58)42(63)76-36-29(74-41(34(36)61)59-22-53-33-38(50)51-21-52-39(33)59)20-73-79(69,70)77-37-30(19-72-78(66,67)68)75-40(35(37)62)57-12-9-31(49)55-43(57)64/h1-9,12,21-22,27-30,34-37,40-41,61-62H,10-11,13-20H2,(H,54,60)(H,69,70)(H2,49,55,64)(H2,50,51,52)(H2,66,67,68)/t27-,28-,29+,30+,34+,35+,36+,37+,40+,41+/m0/s1. The van der Waals surface area contributed by atoms with Gasteiger partial charge in [-0.05, 0) is 47.9 Å². The molecule has 0 spiro atoms. The Morgan fingerprint density at radius 1 is 0.848 bits per heavy atom. The van der Waals surface area contributed by atoms with Gasteiger partial charge in [0.1, 0.15) is 66.6 Å². The molecule has 1 unspecified atom stereocenters. The van der Waals surface area contributed by atoms with Crippen LogP contribution < -0.4 is 22.5 Å². The third-order valence-corrected chi connectivity index (χ3v) is 14.9. The highest BCUT2D eigenvalue weighted by atomic mass is 31.2. The van der Waals surface area contributed by atoms with Crippen LogP contribution in [0.25, 0.3) is 11.2 Å². The first-order valence-corrected chi connectivity index (χ1v) is 27.1. The number of carbonyl (C=O) groups excluding carboxylic acids is 3. The van der Waals surface area contributed by atoms with Crippen LogP contribution in [0.3, 0.4) is 0 Å². The van der Waals surface area contributed by atoms with E-state index >= 15 is 0 Å². The molecule has 0 aliphatic carbocycles. The maximum absolute atomic E-state index is 14.5. The van der Waals surface area contributed by atoms with Crippen LogP contribution in [0.2, 0.25) is 0 Å². The van der Waals surface area contributed by atoms with Crippen molar-refractivity contribution < 1.29 is 94.1 Å². The normalized spacial score (nSPS) is 27.0. The van der Waals surface area contributed by atoms with Gasteiger partial charge in [-0.15, -0.1) is 0 Å². The number of rotatable bonds is 18. The predicted octanol–water partition coefficient (Wildman–Crippen LogP) is 1.12. The number of aliphatic hydroxyl groups is 2. The first-order chi connectivity index (χ1) is 37.4. The Bertz CT molecular complexity index is 3190. The number of aromatic nitrogens is 6. The average Bonchev–Trinajstić information content (AvgIpc) is 4.18. The quantitative estimate of drug-likeness (QED) is 0.0450. The number of amides is 2. The number of fused-ring (bicyclic) bond motifs is 1. The van der Waals surface area contributed by atoms with Gasteiger partial charge in [0.05, 0.1) is 26.0 Å². The minimum Gasteiger partial charge on any atom is -0.455 e. The van der Waals surface area contributed by atoms with Crippen LogP contribution >= 0.6 is 15.6 Å². The summed E-state index contributed by atoms with van der Waals surface area (Å²) in [5, 5.41) is 25.9. The third-order valence-electron chi connectivity index (χ3n) is 13.4. The zero-order chi connectivity index (χ0) is 56.6. The summed E-state index contributed by atoms with van der Waals surface area (Å²) < 4.78 is 108. The van der Waals surface area contributed by atoms with Gasteiger partial charge in [-0.2, -0.15) is 4.98 Å². The summed E-state index contributed by atoms with van der Waals surface area (Å²) in [5.74, 6) is -5.22. The number of nitrogens with zero attached hydrogens (tertiary/aromatic N) is 8. The molecule has 34 heteroatoms. The number of esters is 1. The molecule has 3 aromatic heterocycles. The number of hydrogen-bond acceptors (Lipinski definition) is 22. The van der Waals surface area contributed by atoms with E-state index in [1.807, 2.05) is 0 Å². The number of ether oxygens (including phenoxy) is 4. The Balaban J connectivity index is 0.924. The molecule has 7 heterocycles. The summed E-state index contributed by atoms with van der Waals surface area (Å²) in [7, 11) is -10.8. The number of alkyl halides is 2. The fourth-order valence-corrected chi connectivity index (χ4v) is 10.8. The van der Waals surface area contributed by atoms with Crippen LogP contribution in [-0.2, 0) is 64.3 Å². The highest BCUT2D eigenvalue weighted by molar-refractivity contribution is 7.47. The number of phosphoric ester groups is 2. The van der Waals surface area contributed by atoms with E-state index in [0.717, 1.165) is 29.8 Å². The molecule has 29 nitrogen and oxygen atoms in total. The van der Waals surface area contributed by atoms with Crippen molar-refractivity contribution in [2.45, 2.75) is 99.4 Å². The summed E-state index contributed by atoms with van der Waals surface area (Å²) >= 11 is 0. The lowest BCUT2D eigenvalue weighted by Gasteiger charge is -2.35. The van der Waals surface area contributed by atoms with Gasteiger partial charge >= 0.3 is 33.4 Å². The van der Waals surface area contributed by atoms with Gasteiger partial charge in [0, 0.05) is 50.4 Å². The maximum atomic E-state index is 14.5. The smallest absolute Gasteiger partial charge is 0.455 e. The molecular formula is C45H52F3N11O18P2. The van der Waals surface area contributed by atoms with Crippen LogP contribution in [0.15, 0.2) is 78.2 Å². The summed E-state index contributed by atoms with van der Waals surface area (Å²) in [6, 6.07) is 10.6. The molecule has 4 aliphatic heterocycles. The van der Waals surface area contributed by atoms with E-state index in [-0.39, 0.29) is 67.8 Å². The first kappa shape index (κ1) is 57.2. The number of anilines is 3. The van der Waals surface area contributed by atoms with E-state index in [9.17, 15) is 66.4 Å². The number of phosphoric acid groups is 2. The Labute approximate surface area is 444 Å². The van der Waals surface area contributed by atoms with Crippen LogP contribution in [0, 0.1) is 5.82 Å². The molecule has 10 N–H and O–H groups in total. The van der Waals surface area contributed by atoms with E-state index in [1.54, 1.807) is 29.2 Å². The second kappa shape index (κ2) is 23.3. The lowest BCUT2D eigenvalue weighted by Crippen LogP contribution is -2.47. The van der Waals surface area contributed by atoms with E-state index in [0.29, 0.717) is 21.4 Å². The molecule has 426 valence electrons. The minimum atomic E-state index is -5.54. The SMILES string of the molecule is Nc1ccn([C@@H]2O[C@H](COP(=O)(O)O)[C@@H](OP(=O)(O)OC[C@H]3O[C@@H](n4cnc5c(N)ncnc54)[C@H](O)[C@@H]3OC(=O)[C@@H]3C[C@H](N4CCC(F)(F)CC4)CN3C(=O)OCc3ccc(NC(=O)Cc4ccc(F)cc4)cc3)[C@H]2O)c(=O)n1. The average molecular weight is 1150 g/mol. The number of nitrogen functional groups attached to an aromatic ring is 2. The number of hydrogen-bond donors (Lipinski definition) is 8. The van der Waals surface area contributed by atoms with Crippen LogP contribution in [0.5, 0.6) is 0 Å². The maximum Gasteiger partial charge on any atom is 0.472 e. The molecule has 9 rings (SSSR count). The van der Waals surface area contributed by atoms with E-state index < -0.39 is 132 Å². The summed E-state index contributed by atoms with van der Waals surface area (Å²) in [6.07, 6.45) is -13.6. The Morgan fingerprint density at radius 2 is 1.49 bits per heavy atom. The van der Waals surface area contributed by atoms with Crippen LogP contribution in [0.1, 0.15) is 42.8 Å². The molecule has 5 aromatic rings. The van der Waals surface area contributed by atoms with Gasteiger partial charge in [-0.25, -0.2) is 51.6 Å². The van der Waals surface area contributed by atoms with Crippen molar-refractivity contribution in [3.63, 3.8) is 0 Å². The highest BCUT2D eigenvalue weighted by Gasteiger charge is 2.54. The van der Waals surface area contributed by atoms with E-state index in [2.05, 4.69) is 29.8 Å². The van der Waals surface area contributed by atoms with Gasteiger partial charge in [0.15, 0.2) is 30.0 Å². The van der Waals surface area contributed by atoms with Gasteiger partial charge in [-0.1, -0.05) is 24.3 Å². The highest BCUT2D eigenvalue weighted by Crippen LogP contribution is 2.50. The molecule has 0 bridgehead atoms. The Kier molecular flexibility index (Phi) is 16.9. The summed E-state index contributed by atoms with van der Waals surface area (Å²) in [6.45, 7) is -2.85. The van der Waals surface area contributed by atoms with E-state index in [4.69, 9.17) is 39.5 Å². The van der Waals surface area contributed by atoms with Crippen LogP contribution in [-0.4, -0.2) is 169 Å². The largest absolute Gasteiger partial charge is 0.472 e. The summed E-state index contributed by atoms with van der Waals surface area (Å²) in [5.41, 5.74) is 12.0. The zero-order valence-corrected chi connectivity index (χ0v) is 42.9. The molecular weight excluding hydrogens is 1100 g/mol. The molecule has 4 aliphatic rings. The molecule has 4 fully saturated rings. The van der Waals surface area contributed by atoms with Crippen LogP contribution in [0.4, 0.5) is 35.3 Å². The van der Waals surface area contributed by atoms with Crippen molar-refractivity contribution in [2.75, 3.05) is 49.6 Å².